The van der Waals surface area contributed by atoms with Crippen LogP contribution in [0.4, 0.5) is 20.5 Å². The zero-order valence-electron chi connectivity index (χ0n) is 58.9. The highest BCUT2D eigenvalue weighted by Crippen LogP contribution is 2.74. The van der Waals surface area contributed by atoms with Crippen LogP contribution in [-0.4, -0.2) is 156 Å². The van der Waals surface area contributed by atoms with Gasteiger partial charge in [0.05, 0.1) is 28.2 Å². The fourth-order valence-electron chi connectivity index (χ4n) is 17.1. The smallest absolute Gasteiger partial charge is 0.410 e. The van der Waals surface area contributed by atoms with E-state index < -0.39 is 51.8 Å². The Labute approximate surface area is 607 Å². The van der Waals surface area contributed by atoms with Crippen LogP contribution < -0.4 is 26.6 Å². The van der Waals surface area contributed by atoms with Gasteiger partial charge in [-0.2, -0.15) is 25.3 Å². The Bertz CT molecular complexity index is 4330. The van der Waals surface area contributed by atoms with E-state index in [-0.39, 0.29) is 120 Å². The fraction of sp³-hybridized carbons (Fsp3) is 0.493. The molecule has 4 saturated carbocycles. The van der Waals surface area contributed by atoms with Gasteiger partial charge in [-0.3, -0.25) is 48.2 Å². The number of benzene rings is 3. The number of carbonyl (C=O) groups excluding carboxylic acids is 8. The molecule has 4 atom stereocenters. The number of pyridine rings is 1. The lowest BCUT2D eigenvalue weighted by Gasteiger charge is -2.69. The number of primary amides is 1. The molecule has 0 saturated heterocycles. The summed E-state index contributed by atoms with van der Waals surface area (Å²) in [6, 6.07) is 22.1. The van der Waals surface area contributed by atoms with Crippen LogP contribution in [0.2, 0.25) is 0 Å². The molecule has 3 aromatic heterocycles. The number of thiazole rings is 1. The molecule has 7 N–H and O–H groups in total. The molecular weight excluding hydrogens is 1380 g/mol. The van der Waals surface area contributed by atoms with E-state index in [1.807, 2.05) is 72.8 Å². The van der Waals surface area contributed by atoms with Gasteiger partial charge in [0.2, 0.25) is 5.91 Å². The van der Waals surface area contributed by atoms with Crippen molar-refractivity contribution in [1.29, 1.82) is 0 Å². The highest BCUT2D eigenvalue weighted by atomic mass is 32.2. The van der Waals surface area contributed by atoms with Gasteiger partial charge in [-0.05, 0) is 152 Å². The van der Waals surface area contributed by atoms with E-state index in [0.717, 1.165) is 70.5 Å². The largest absolute Gasteiger partial charge is 0.476 e. The Hall–Kier alpha value is -8.86. The van der Waals surface area contributed by atoms with Crippen LogP contribution in [0.5, 0.6) is 0 Å². The number of carboxylic acid groups (broad SMARTS) is 1. The number of ether oxygens (including phenoxy) is 1. The summed E-state index contributed by atoms with van der Waals surface area (Å²) in [4.78, 5) is 131. The van der Waals surface area contributed by atoms with Crippen LogP contribution >= 0.6 is 23.1 Å². The summed E-state index contributed by atoms with van der Waals surface area (Å²) in [5.74, 6) is -3.81. The first-order chi connectivity index (χ1) is 49.0. The first-order valence-electron chi connectivity index (χ1n) is 35.3. The number of Topliss-reactive ketones (excluding diaryl/α,β-unsaturated/α-hetero) is 2. The summed E-state index contributed by atoms with van der Waals surface area (Å²) in [5, 5.41) is 24.6. The number of aromatic nitrogens is 4. The highest BCUT2D eigenvalue weighted by Gasteiger charge is 2.65. The number of urea groups is 1. The van der Waals surface area contributed by atoms with Crippen LogP contribution in [0.15, 0.2) is 97.2 Å². The monoisotopic (exact) mass is 1470 g/mol. The van der Waals surface area contributed by atoms with Crippen molar-refractivity contribution in [2.75, 3.05) is 54.4 Å². The molecule has 2 unspecified atom stereocenters. The van der Waals surface area contributed by atoms with E-state index in [4.69, 9.17) is 20.6 Å². The Morgan fingerprint density at radius 1 is 0.835 bits per heavy atom. The second-order valence-corrected chi connectivity index (χ2v) is 34.0. The van der Waals surface area contributed by atoms with Gasteiger partial charge in [0, 0.05) is 116 Å². The number of amides is 7. The summed E-state index contributed by atoms with van der Waals surface area (Å²) in [6.07, 6.45) is 12.0. The van der Waals surface area contributed by atoms with Crippen LogP contribution in [0, 0.1) is 35.0 Å². The molecule has 7 amide bonds. The van der Waals surface area contributed by atoms with Gasteiger partial charge in [-0.1, -0.05) is 94.0 Å². The molecule has 6 aliphatic rings. The minimum absolute atomic E-state index is 0.00756. The number of carbonyl (C=O) groups is 9. The first kappa shape index (κ1) is 75.3. The standard InChI is InChI=1S/C75H91N11O14S3/c1-47(2)55(36-52(87)14-7-6-10-29-85-63(89)25-26-64(85)90)67(92)79-58(17-12-28-77-69(76)95)60(88)35-49-19-21-50(22-20-49)39-100-71(96)83(32-34-103(97,98)99)31-33-101-75-43-72(4)40-73(5,44-75)42-74(41-72,45-75)46-86-48(3)56(37-78-86)53-23-24-62(81-65(53)68(93)94)84-30-27-51-13-11-15-54(57(51)38-84)66(91)82-70-80-59-16-8-9-18-61(59)102-70/h8-9,11,13,15-16,18-26,37,47,55,58H,6-7,10,12,14,17,27-36,38-46H2,1-5H3,(H,79,92)(H,93,94)(H3,76,77,95)(H,80,82,91)(H,97,98,99)/t55-,58-,72?,73?,74?,75?/m0/s1. The third-order valence-corrected chi connectivity index (χ3v) is 24.0. The zero-order valence-corrected chi connectivity index (χ0v) is 61.3. The number of nitrogens with one attached hydrogen (secondary N) is 3. The topological polar surface area (TPSA) is 353 Å². The molecule has 5 heterocycles. The van der Waals surface area contributed by atoms with Gasteiger partial charge in [0.1, 0.15) is 18.2 Å². The quantitative estimate of drug-likeness (QED) is 0.0124. The summed E-state index contributed by atoms with van der Waals surface area (Å²) in [5.41, 5.74) is 11.3. The lowest BCUT2D eigenvalue weighted by Crippen LogP contribution is -2.62. The van der Waals surface area contributed by atoms with Crippen molar-refractivity contribution in [1.82, 2.24) is 40.2 Å². The summed E-state index contributed by atoms with van der Waals surface area (Å²) < 4.78 is 42.8. The summed E-state index contributed by atoms with van der Waals surface area (Å²) in [7, 11) is -4.47. The van der Waals surface area contributed by atoms with E-state index in [1.165, 1.54) is 28.4 Å². The van der Waals surface area contributed by atoms with Gasteiger partial charge in [-0.15, -0.1) is 0 Å². The molecule has 3 aromatic carbocycles. The molecular formula is C75H91N11O14S3. The summed E-state index contributed by atoms with van der Waals surface area (Å²) >= 11 is 3.20. The molecule has 4 aliphatic carbocycles. The molecule has 25 nitrogen and oxygen atoms in total. The number of anilines is 2. The molecule has 2 aliphatic heterocycles. The lowest BCUT2D eigenvalue weighted by atomic mass is 9.40. The van der Waals surface area contributed by atoms with Gasteiger partial charge >= 0.3 is 18.1 Å². The van der Waals surface area contributed by atoms with Crippen molar-refractivity contribution in [3.63, 3.8) is 0 Å². The SMILES string of the molecule is Cc1c(-c2ccc(N3CCc4cccc(C(=O)Nc5nc6ccccc6s5)c4C3)nc2C(=O)O)cnn1CC12CC3(C)CC(C)(C1)CC(SCCN(CCS(=O)(=O)O)C(=O)OCc1ccc(CC(=O)[C@H](CCCNC(N)=O)NC(=O)[C@@H](CC(=O)CCCCCN4C(=O)C=CC4=O)C(C)C)cc1)(C3)C2. The highest BCUT2D eigenvalue weighted by molar-refractivity contribution is 8.00. The molecule has 4 fully saturated rings. The Balaban J connectivity index is 0.698. The van der Waals surface area contributed by atoms with Crippen LogP contribution in [0.3, 0.4) is 0 Å². The maximum absolute atomic E-state index is 14.0. The number of hydrogen-bond donors (Lipinski definition) is 6. The maximum atomic E-state index is 14.0. The second kappa shape index (κ2) is 31.6. The van der Waals surface area contributed by atoms with Gasteiger partial charge in [0.25, 0.3) is 27.8 Å². The van der Waals surface area contributed by atoms with E-state index in [1.54, 1.807) is 54.4 Å². The predicted octanol–water partition coefficient (Wildman–Crippen LogP) is 10.5. The van der Waals surface area contributed by atoms with Gasteiger partial charge in [-0.25, -0.2) is 24.4 Å². The predicted molar refractivity (Wildman–Crippen MR) is 392 cm³/mol. The first-order valence-corrected chi connectivity index (χ1v) is 38.7. The zero-order chi connectivity index (χ0) is 73.6. The minimum atomic E-state index is -4.47. The molecule has 0 spiro atoms. The number of para-hydroxylation sites is 1. The maximum Gasteiger partial charge on any atom is 0.410 e. The number of rotatable bonds is 34. The number of ketones is 2. The number of fused-ring (bicyclic) bond motifs is 2. The molecule has 4 bridgehead atoms. The van der Waals surface area contributed by atoms with Crippen LogP contribution in [0.25, 0.3) is 21.3 Å². The molecule has 6 aromatic rings. The van der Waals surface area contributed by atoms with Crippen molar-refractivity contribution >= 4 is 108 Å². The van der Waals surface area contributed by atoms with E-state index in [9.17, 15) is 61.2 Å². The normalized spacial score (nSPS) is 21.0. The number of imide groups is 1. The molecule has 0 radical (unpaired) electrons. The third-order valence-electron chi connectivity index (χ3n) is 20.9. The van der Waals surface area contributed by atoms with Gasteiger partial charge in [0.15, 0.2) is 16.6 Å². The molecule has 103 heavy (non-hydrogen) atoms. The Kier molecular flexibility index (Phi) is 23.1. The average molecular weight is 1470 g/mol. The van der Waals surface area contributed by atoms with Crippen molar-refractivity contribution in [2.24, 2.45) is 33.8 Å². The van der Waals surface area contributed by atoms with Gasteiger partial charge < -0.3 is 36.0 Å². The Morgan fingerprint density at radius 2 is 1.56 bits per heavy atom. The molecule has 28 heteroatoms. The van der Waals surface area contributed by atoms with Crippen LogP contribution in [0.1, 0.15) is 160 Å². The Morgan fingerprint density at radius 3 is 2.26 bits per heavy atom. The number of nitrogens with zero attached hydrogens (tertiary/aromatic N) is 7. The number of unbranched alkanes of at least 4 members (excludes halogenated alkanes) is 2. The number of carboxylic acids is 1. The van der Waals surface area contributed by atoms with Crippen molar-refractivity contribution in [2.45, 2.75) is 161 Å². The van der Waals surface area contributed by atoms with Crippen LogP contribution in [-0.2, 0) is 71.4 Å². The number of thioether (sulfide) groups is 1. The van der Waals surface area contributed by atoms with E-state index in [0.29, 0.717) is 96.3 Å². The lowest BCUT2D eigenvalue weighted by molar-refractivity contribution is -0.139. The minimum Gasteiger partial charge on any atom is -0.476 e. The third kappa shape index (κ3) is 18.6. The van der Waals surface area contributed by atoms with E-state index in [2.05, 4.69) is 34.8 Å². The average Bonchev–Trinajstić information content (AvgIpc) is 0.895. The fourth-order valence-corrected chi connectivity index (χ4v) is 20.5. The second-order valence-electron chi connectivity index (χ2n) is 29.8. The molecule has 548 valence electrons. The summed E-state index contributed by atoms with van der Waals surface area (Å²) in [6.45, 7) is 11.9. The van der Waals surface area contributed by atoms with Crippen molar-refractivity contribution in [3.05, 3.63) is 136 Å². The number of hydrogen-bond acceptors (Lipinski definition) is 18. The number of nitrogens with two attached hydrogens (primary N) is 1. The molecule has 12 rings (SSSR count). The van der Waals surface area contributed by atoms with Crippen molar-refractivity contribution < 1.29 is 66.0 Å². The number of aromatic carboxylic acids is 1. The van der Waals surface area contributed by atoms with E-state index >= 15 is 0 Å². The van der Waals surface area contributed by atoms with Crippen molar-refractivity contribution in [3.8, 4) is 11.1 Å².